The smallest absolute Gasteiger partial charge is 0.168 e. The van der Waals surface area contributed by atoms with Gasteiger partial charge in [-0.25, -0.2) is 4.39 Å². The van der Waals surface area contributed by atoms with Gasteiger partial charge in [0.2, 0.25) is 0 Å². The monoisotopic (exact) mass is 260 g/mol. The van der Waals surface area contributed by atoms with Gasteiger partial charge in [0, 0.05) is 5.56 Å². The second-order valence-electron chi connectivity index (χ2n) is 4.71. The highest BCUT2D eigenvalue weighted by molar-refractivity contribution is 5.39. The van der Waals surface area contributed by atoms with Gasteiger partial charge in [0.1, 0.15) is 5.75 Å². The van der Waals surface area contributed by atoms with Crippen molar-refractivity contribution in [2.45, 2.75) is 26.4 Å². The van der Waals surface area contributed by atoms with Crippen LogP contribution in [0.5, 0.6) is 11.5 Å². The third kappa shape index (κ3) is 3.12. The van der Waals surface area contributed by atoms with Crippen molar-refractivity contribution in [2.75, 3.05) is 0 Å². The lowest BCUT2D eigenvalue weighted by Gasteiger charge is -2.12. The van der Waals surface area contributed by atoms with Crippen LogP contribution in [0.15, 0.2) is 42.5 Å². The summed E-state index contributed by atoms with van der Waals surface area (Å²) in [5.41, 5.74) is 1.64. The molecule has 0 heterocycles. The third-order valence-corrected chi connectivity index (χ3v) is 2.99. The van der Waals surface area contributed by atoms with Gasteiger partial charge in [0.25, 0.3) is 0 Å². The molecule has 0 amide bonds. The number of ether oxygens (including phenoxy) is 1. The first kappa shape index (κ1) is 13.6. The maximum absolute atomic E-state index is 13.7. The molecular formula is C16H17FO2. The molecular weight excluding hydrogens is 243 g/mol. The van der Waals surface area contributed by atoms with E-state index in [-0.39, 0.29) is 12.4 Å². The topological polar surface area (TPSA) is 29.5 Å². The average molecular weight is 260 g/mol. The number of halogens is 1. The zero-order valence-electron chi connectivity index (χ0n) is 11.1. The highest BCUT2D eigenvalue weighted by atomic mass is 19.1. The first-order valence-electron chi connectivity index (χ1n) is 6.28. The predicted molar refractivity (Wildman–Crippen MR) is 72.9 cm³/mol. The first-order valence-corrected chi connectivity index (χ1v) is 6.28. The van der Waals surface area contributed by atoms with Crippen molar-refractivity contribution in [3.63, 3.8) is 0 Å². The Hall–Kier alpha value is -1.87. The Balaban J connectivity index is 2.26. The molecule has 1 N–H and O–H groups in total. The first-order chi connectivity index (χ1) is 9.11. The van der Waals surface area contributed by atoms with Crippen LogP contribution in [0.25, 0.3) is 0 Å². The van der Waals surface area contributed by atoms with Crippen molar-refractivity contribution in [1.29, 1.82) is 0 Å². The molecule has 0 aliphatic heterocycles. The molecule has 0 bridgehead atoms. The molecule has 0 fully saturated rings. The van der Waals surface area contributed by atoms with Gasteiger partial charge in [-0.2, -0.15) is 0 Å². The van der Waals surface area contributed by atoms with E-state index in [1.165, 1.54) is 11.6 Å². The lowest BCUT2D eigenvalue weighted by atomic mass is 10.0. The Morgan fingerprint density at radius 2 is 1.79 bits per heavy atom. The van der Waals surface area contributed by atoms with E-state index in [1.54, 1.807) is 12.1 Å². The van der Waals surface area contributed by atoms with Crippen LogP contribution in [0, 0.1) is 5.82 Å². The van der Waals surface area contributed by atoms with Crippen LogP contribution in [0.4, 0.5) is 4.39 Å². The minimum Gasteiger partial charge on any atom is -0.454 e. The second kappa shape index (κ2) is 5.85. The zero-order chi connectivity index (χ0) is 13.8. The van der Waals surface area contributed by atoms with Crippen molar-refractivity contribution in [3.8, 4) is 11.5 Å². The quantitative estimate of drug-likeness (QED) is 0.891. The Labute approximate surface area is 112 Å². The molecule has 2 rings (SSSR count). The SMILES string of the molecule is CC(C)c1ccc(Oc2c(F)cccc2CO)cc1. The van der Waals surface area contributed by atoms with E-state index >= 15 is 0 Å². The standard InChI is InChI=1S/C16H17FO2/c1-11(2)12-6-8-14(9-7-12)19-16-13(10-18)4-3-5-15(16)17/h3-9,11,18H,10H2,1-2H3. The highest BCUT2D eigenvalue weighted by Gasteiger charge is 2.10. The van der Waals surface area contributed by atoms with E-state index in [1.807, 2.05) is 24.3 Å². The number of rotatable bonds is 4. The van der Waals surface area contributed by atoms with Crippen molar-refractivity contribution in [3.05, 3.63) is 59.4 Å². The van der Waals surface area contributed by atoms with E-state index in [0.29, 0.717) is 17.2 Å². The molecule has 100 valence electrons. The molecule has 2 aromatic carbocycles. The van der Waals surface area contributed by atoms with Crippen LogP contribution in [-0.2, 0) is 6.61 Å². The summed E-state index contributed by atoms with van der Waals surface area (Å²) in [5, 5.41) is 9.19. The molecule has 2 nitrogen and oxygen atoms in total. The van der Waals surface area contributed by atoms with Crippen LogP contribution in [-0.4, -0.2) is 5.11 Å². The molecule has 0 aromatic heterocycles. The number of para-hydroxylation sites is 1. The second-order valence-corrected chi connectivity index (χ2v) is 4.71. The summed E-state index contributed by atoms with van der Waals surface area (Å²) < 4.78 is 19.2. The summed E-state index contributed by atoms with van der Waals surface area (Å²) in [6.45, 7) is 3.96. The third-order valence-electron chi connectivity index (χ3n) is 2.99. The van der Waals surface area contributed by atoms with E-state index in [2.05, 4.69) is 13.8 Å². The van der Waals surface area contributed by atoms with Gasteiger partial charge in [0.05, 0.1) is 6.61 Å². The fourth-order valence-corrected chi connectivity index (χ4v) is 1.83. The van der Waals surface area contributed by atoms with Gasteiger partial charge in [-0.15, -0.1) is 0 Å². The lowest BCUT2D eigenvalue weighted by Crippen LogP contribution is -1.95. The van der Waals surface area contributed by atoms with Crippen LogP contribution in [0.3, 0.4) is 0 Å². The Morgan fingerprint density at radius 3 is 2.37 bits per heavy atom. The number of hydrogen-bond donors (Lipinski definition) is 1. The van der Waals surface area contributed by atoms with E-state index < -0.39 is 5.82 Å². The fraction of sp³-hybridized carbons (Fsp3) is 0.250. The number of benzene rings is 2. The van der Waals surface area contributed by atoms with Gasteiger partial charge >= 0.3 is 0 Å². The molecule has 0 atom stereocenters. The van der Waals surface area contributed by atoms with Crippen LogP contribution >= 0.6 is 0 Å². The molecule has 0 saturated carbocycles. The minimum atomic E-state index is -0.473. The highest BCUT2D eigenvalue weighted by Crippen LogP contribution is 2.29. The molecule has 0 radical (unpaired) electrons. The Morgan fingerprint density at radius 1 is 1.11 bits per heavy atom. The zero-order valence-corrected chi connectivity index (χ0v) is 11.1. The Kier molecular flexibility index (Phi) is 4.17. The molecule has 0 unspecified atom stereocenters. The average Bonchev–Trinajstić information content (AvgIpc) is 2.41. The molecule has 3 heteroatoms. The summed E-state index contributed by atoms with van der Waals surface area (Å²) in [7, 11) is 0. The van der Waals surface area contributed by atoms with Gasteiger partial charge in [-0.1, -0.05) is 38.1 Å². The summed E-state index contributed by atoms with van der Waals surface area (Å²) in [5.74, 6) is 0.612. The predicted octanol–water partition coefficient (Wildman–Crippen LogP) is 4.23. The Bertz CT molecular complexity index is 547. The largest absolute Gasteiger partial charge is 0.454 e. The van der Waals surface area contributed by atoms with Crippen molar-refractivity contribution in [1.82, 2.24) is 0 Å². The summed E-state index contributed by atoms with van der Waals surface area (Å²) >= 11 is 0. The van der Waals surface area contributed by atoms with Gasteiger partial charge in [0.15, 0.2) is 11.6 Å². The van der Waals surface area contributed by atoms with Crippen molar-refractivity contribution < 1.29 is 14.2 Å². The molecule has 0 aliphatic rings. The van der Waals surface area contributed by atoms with Crippen molar-refractivity contribution in [2.24, 2.45) is 0 Å². The van der Waals surface area contributed by atoms with E-state index in [4.69, 9.17) is 4.74 Å². The number of aliphatic hydroxyl groups excluding tert-OH is 1. The molecule has 19 heavy (non-hydrogen) atoms. The maximum Gasteiger partial charge on any atom is 0.168 e. The van der Waals surface area contributed by atoms with Crippen LogP contribution in [0.1, 0.15) is 30.9 Å². The molecule has 0 aliphatic carbocycles. The normalized spacial score (nSPS) is 10.8. The van der Waals surface area contributed by atoms with Gasteiger partial charge in [-0.3, -0.25) is 0 Å². The molecule has 0 saturated heterocycles. The number of aliphatic hydroxyl groups is 1. The maximum atomic E-state index is 13.7. The number of hydrogen-bond acceptors (Lipinski definition) is 2. The van der Waals surface area contributed by atoms with Crippen LogP contribution < -0.4 is 4.74 Å². The minimum absolute atomic E-state index is 0.0855. The van der Waals surface area contributed by atoms with Gasteiger partial charge < -0.3 is 9.84 Å². The molecule has 2 aromatic rings. The van der Waals surface area contributed by atoms with E-state index in [9.17, 15) is 9.50 Å². The van der Waals surface area contributed by atoms with Crippen LogP contribution in [0.2, 0.25) is 0 Å². The van der Waals surface area contributed by atoms with Crippen molar-refractivity contribution >= 4 is 0 Å². The summed E-state index contributed by atoms with van der Waals surface area (Å²) in [4.78, 5) is 0. The fourth-order valence-electron chi connectivity index (χ4n) is 1.83. The van der Waals surface area contributed by atoms with Gasteiger partial charge in [-0.05, 0) is 29.7 Å². The van der Waals surface area contributed by atoms with E-state index in [0.717, 1.165) is 0 Å². The summed E-state index contributed by atoms with van der Waals surface area (Å²) in [6, 6.07) is 12.0. The lowest BCUT2D eigenvalue weighted by molar-refractivity contribution is 0.274. The summed E-state index contributed by atoms with van der Waals surface area (Å²) in [6.07, 6.45) is 0. The molecule has 0 spiro atoms.